The number of nitrogens with zero attached hydrogens (tertiary/aromatic N) is 2. The number of carbonyl (C=O) groups is 2. The highest BCUT2D eigenvalue weighted by Gasteiger charge is 2.40. The quantitative estimate of drug-likeness (QED) is 0.303. The molecule has 2 aromatic carbocycles. The number of aryl methyl sites for hydroxylation is 1. The largest absolute Gasteiger partial charge is 0.493 e. The standard InChI is InChI=1S/C27H37FN4O5/c1-7-9-14-36-24-16-23(21(28)15-20(24)26(33)29-22-13-11-10-12-17(22)3)32-27(34)31(6)25(30-32)18(4)37-19(5)35-8-2/h10-13,15-16,18-19,25,30H,7-9,14H2,1-6H3,(H,29,33). The van der Waals surface area contributed by atoms with Crippen molar-refractivity contribution < 1.29 is 28.2 Å². The maximum absolute atomic E-state index is 15.4. The molecule has 2 N–H and O–H groups in total. The Kier molecular flexibility index (Phi) is 9.85. The first-order valence-electron chi connectivity index (χ1n) is 12.6. The van der Waals surface area contributed by atoms with Crippen LogP contribution in [0.15, 0.2) is 36.4 Å². The lowest BCUT2D eigenvalue weighted by molar-refractivity contribution is -0.165. The van der Waals surface area contributed by atoms with Crippen LogP contribution in [-0.2, 0) is 9.47 Å². The topological polar surface area (TPSA) is 92.4 Å². The van der Waals surface area contributed by atoms with E-state index in [1.165, 1.54) is 11.0 Å². The predicted octanol–water partition coefficient (Wildman–Crippen LogP) is 5.06. The van der Waals surface area contributed by atoms with Gasteiger partial charge in [-0.1, -0.05) is 31.5 Å². The van der Waals surface area contributed by atoms with Gasteiger partial charge in [-0.05, 0) is 51.8 Å². The smallest absolute Gasteiger partial charge is 0.340 e. The number of carbonyl (C=O) groups excluding carboxylic acids is 2. The minimum atomic E-state index is -0.746. The number of nitrogens with one attached hydrogen (secondary N) is 2. The van der Waals surface area contributed by atoms with Crippen molar-refractivity contribution in [2.45, 2.75) is 66.0 Å². The Morgan fingerprint density at radius 2 is 1.95 bits per heavy atom. The van der Waals surface area contributed by atoms with Crippen LogP contribution in [0.25, 0.3) is 0 Å². The summed E-state index contributed by atoms with van der Waals surface area (Å²) in [6, 6.07) is 9.33. The third kappa shape index (κ3) is 6.76. The highest BCUT2D eigenvalue weighted by Crippen LogP contribution is 2.32. The van der Waals surface area contributed by atoms with Crippen molar-refractivity contribution in [3.05, 3.63) is 53.3 Å². The van der Waals surface area contributed by atoms with Crippen LogP contribution in [0.2, 0.25) is 0 Å². The minimum absolute atomic E-state index is 0.0411. The first-order chi connectivity index (χ1) is 17.7. The molecule has 2 aromatic rings. The number of likely N-dealkylation sites (N-methyl/N-ethyl adjacent to an activating group) is 1. The SMILES string of the molecule is CCCCOc1cc(N2NC(C(C)OC(C)OCC)N(C)C2=O)c(F)cc1C(=O)Nc1ccccc1C. The Bertz CT molecular complexity index is 1100. The van der Waals surface area contributed by atoms with Crippen molar-refractivity contribution in [1.29, 1.82) is 0 Å². The van der Waals surface area contributed by atoms with E-state index in [2.05, 4.69) is 10.7 Å². The normalized spacial score (nSPS) is 17.2. The Morgan fingerprint density at radius 1 is 1.22 bits per heavy atom. The van der Waals surface area contributed by atoms with Crippen LogP contribution >= 0.6 is 0 Å². The van der Waals surface area contributed by atoms with E-state index in [4.69, 9.17) is 14.2 Å². The van der Waals surface area contributed by atoms with Crippen molar-refractivity contribution in [2.75, 3.05) is 30.6 Å². The van der Waals surface area contributed by atoms with Gasteiger partial charge in [-0.15, -0.1) is 0 Å². The summed E-state index contributed by atoms with van der Waals surface area (Å²) in [5.74, 6) is -1.07. The fourth-order valence-corrected chi connectivity index (χ4v) is 4.03. The number of rotatable bonds is 12. The number of urea groups is 1. The number of hydrogen-bond acceptors (Lipinski definition) is 6. The van der Waals surface area contributed by atoms with Gasteiger partial charge in [0.1, 0.15) is 23.4 Å². The van der Waals surface area contributed by atoms with E-state index in [1.807, 2.05) is 39.0 Å². The molecule has 0 spiro atoms. The van der Waals surface area contributed by atoms with Crippen molar-refractivity contribution in [3.63, 3.8) is 0 Å². The zero-order valence-electron chi connectivity index (χ0n) is 22.3. The van der Waals surface area contributed by atoms with E-state index >= 15 is 4.39 Å². The van der Waals surface area contributed by atoms with E-state index in [0.717, 1.165) is 29.5 Å². The number of amides is 3. The van der Waals surface area contributed by atoms with Crippen molar-refractivity contribution >= 4 is 23.3 Å². The summed E-state index contributed by atoms with van der Waals surface area (Å²) in [6.07, 6.45) is 0.145. The Labute approximate surface area is 217 Å². The zero-order chi connectivity index (χ0) is 27.1. The minimum Gasteiger partial charge on any atom is -0.493 e. The van der Waals surface area contributed by atoms with Crippen LogP contribution in [0.1, 0.15) is 56.5 Å². The summed E-state index contributed by atoms with van der Waals surface area (Å²) in [5, 5.41) is 3.93. The number of hydrogen-bond donors (Lipinski definition) is 2. The van der Waals surface area contributed by atoms with E-state index in [0.29, 0.717) is 18.9 Å². The van der Waals surface area contributed by atoms with Gasteiger partial charge in [-0.3, -0.25) is 4.79 Å². The number of hydrazine groups is 1. The summed E-state index contributed by atoms with van der Waals surface area (Å²) in [6.45, 7) is 10.2. The molecule has 1 fully saturated rings. The highest BCUT2D eigenvalue weighted by molar-refractivity contribution is 6.07. The molecule has 0 bridgehead atoms. The molecule has 1 aliphatic heterocycles. The Morgan fingerprint density at radius 3 is 2.62 bits per heavy atom. The molecule has 202 valence electrons. The molecule has 1 heterocycles. The fourth-order valence-electron chi connectivity index (χ4n) is 4.03. The molecule has 3 rings (SSSR count). The monoisotopic (exact) mass is 516 g/mol. The molecule has 0 radical (unpaired) electrons. The van der Waals surface area contributed by atoms with E-state index in [9.17, 15) is 9.59 Å². The van der Waals surface area contributed by atoms with Crippen molar-refractivity contribution in [1.82, 2.24) is 10.3 Å². The van der Waals surface area contributed by atoms with Gasteiger partial charge >= 0.3 is 6.03 Å². The van der Waals surface area contributed by atoms with Crippen LogP contribution in [0.4, 0.5) is 20.6 Å². The molecule has 0 saturated carbocycles. The fraction of sp³-hybridized carbons (Fsp3) is 0.481. The Hall–Kier alpha value is -3.21. The number of halogens is 1. The molecule has 3 amide bonds. The lowest BCUT2D eigenvalue weighted by Gasteiger charge is -2.27. The average Bonchev–Trinajstić information content (AvgIpc) is 3.15. The second kappa shape index (κ2) is 12.8. The number of unbranched alkanes of at least 4 members (excludes halogenated alkanes) is 1. The number of ether oxygens (including phenoxy) is 3. The van der Waals surface area contributed by atoms with Crippen LogP contribution in [0.5, 0.6) is 5.75 Å². The van der Waals surface area contributed by atoms with Crippen LogP contribution in [0.3, 0.4) is 0 Å². The first kappa shape index (κ1) is 28.4. The molecule has 0 aliphatic carbocycles. The molecule has 9 nitrogen and oxygen atoms in total. The van der Waals surface area contributed by atoms with E-state index in [-0.39, 0.29) is 17.0 Å². The molecule has 10 heteroatoms. The molecular weight excluding hydrogens is 479 g/mol. The van der Waals surface area contributed by atoms with Gasteiger partial charge < -0.3 is 24.4 Å². The van der Waals surface area contributed by atoms with Gasteiger partial charge in [0.15, 0.2) is 6.29 Å². The van der Waals surface area contributed by atoms with Gasteiger partial charge in [0.05, 0.1) is 18.3 Å². The van der Waals surface area contributed by atoms with Gasteiger partial charge in [-0.2, -0.15) is 0 Å². The van der Waals surface area contributed by atoms with Crippen LogP contribution in [0, 0.1) is 12.7 Å². The summed E-state index contributed by atoms with van der Waals surface area (Å²) in [5.41, 5.74) is 4.50. The summed E-state index contributed by atoms with van der Waals surface area (Å²) in [4.78, 5) is 27.6. The predicted molar refractivity (Wildman–Crippen MR) is 140 cm³/mol. The number of para-hydroxylation sites is 1. The van der Waals surface area contributed by atoms with E-state index in [1.54, 1.807) is 27.0 Å². The van der Waals surface area contributed by atoms with Crippen molar-refractivity contribution in [3.8, 4) is 5.75 Å². The molecular formula is C27H37FN4O5. The maximum atomic E-state index is 15.4. The first-order valence-corrected chi connectivity index (χ1v) is 12.6. The second-order valence-corrected chi connectivity index (χ2v) is 8.94. The maximum Gasteiger partial charge on any atom is 0.340 e. The Balaban J connectivity index is 1.89. The van der Waals surface area contributed by atoms with Gasteiger partial charge in [0.25, 0.3) is 5.91 Å². The zero-order valence-corrected chi connectivity index (χ0v) is 22.3. The van der Waals surface area contributed by atoms with Crippen molar-refractivity contribution in [2.24, 2.45) is 0 Å². The lowest BCUT2D eigenvalue weighted by atomic mass is 10.1. The third-order valence-electron chi connectivity index (χ3n) is 6.11. The van der Waals surface area contributed by atoms with E-state index < -0.39 is 36.3 Å². The summed E-state index contributed by atoms with van der Waals surface area (Å²) >= 11 is 0. The molecule has 3 unspecified atom stereocenters. The highest BCUT2D eigenvalue weighted by atomic mass is 19.1. The third-order valence-corrected chi connectivity index (χ3v) is 6.11. The van der Waals surface area contributed by atoms with Gasteiger partial charge in [-0.25, -0.2) is 19.6 Å². The van der Waals surface area contributed by atoms with Gasteiger partial charge in [0.2, 0.25) is 0 Å². The summed E-state index contributed by atoms with van der Waals surface area (Å²) < 4.78 is 32.6. The lowest BCUT2D eigenvalue weighted by Crippen LogP contribution is -2.47. The average molecular weight is 517 g/mol. The molecule has 37 heavy (non-hydrogen) atoms. The second-order valence-electron chi connectivity index (χ2n) is 8.94. The molecule has 3 atom stereocenters. The van der Waals surface area contributed by atoms with Crippen LogP contribution in [-0.4, -0.2) is 55.7 Å². The molecule has 1 aliphatic rings. The molecule has 1 saturated heterocycles. The number of anilines is 2. The van der Waals surface area contributed by atoms with Crippen LogP contribution < -0.4 is 20.5 Å². The van der Waals surface area contributed by atoms with Gasteiger partial charge in [0, 0.05) is 25.4 Å². The molecule has 0 aromatic heterocycles. The number of benzene rings is 2. The summed E-state index contributed by atoms with van der Waals surface area (Å²) in [7, 11) is 1.60.